The fourth-order valence-electron chi connectivity index (χ4n) is 3.87. The molecule has 4 rings (SSSR count). The van der Waals surface area contributed by atoms with Crippen molar-refractivity contribution in [1.29, 1.82) is 0 Å². The number of rotatable bonds is 4. The van der Waals surface area contributed by atoms with Crippen molar-refractivity contribution >= 4 is 11.5 Å². The van der Waals surface area contributed by atoms with Gasteiger partial charge in [0, 0.05) is 25.2 Å². The minimum absolute atomic E-state index is 0.171. The number of alkyl halides is 2. The number of carbonyl (C=O) groups excluding carboxylic acids is 1. The maximum Gasteiger partial charge on any atom is 0.265 e. The minimum Gasteiger partial charge on any atom is -0.315 e. The van der Waals surface area contributed by atoms with Crippen LogP contribution in [-0.4, -0.2) is 29.1 Å². The van der Waals surface area contributed by atoms with Crippen molar-refractivity contribution in [2.45, 2.75) is 31.1 Å². The molecular formula is C22H21F3N4O. The third kappa shape index (κ3) is 3.32. The molecule has 2 atom stereocenters. The molecule has 2 unspecified atom stereocenters. The van der Waals surface area contributed by atoms with Gasteiger partial charge in [0.2, 0.25) is 0 Å². The SMILES string of the molecule is CN1C(=O)C(c2cccc(C3=CC=C(F)CC3)c2)(c2ccc(C(F)F)cn2)NC1N. The molecule has 1 aliphatic carbocycles. The summed E-state index contributed by atoms with van der Waals surface area (Å²) >= 11 is 0. The van der Waals surface area contributed by atoms with Crippen LogP contribution in [0.15, 0.2) is 60.6 Å². The molecule has 1 aliphatic heterocycles. The van der Waals surface area contributed by atoms with E-state index in [0.29, 0.717) is 18.4 Å². The molecule has 3 N–H and O–H groups in total. The molecule has 2 aliphatic rings. The first-order chi connectivity index (χ1) is 14.3. The van der Waals surface area contributed by atoms with Crippen LogP contribution in [0.3, 0.4) is 0 Å². The zero-order valence-corrected chi connectivity index (χ0v) is 16.3. The maximum atomic E-state index is 13.4. The van der Waals surface area contributed by atoms with Crippen LogP contribution in [0.4, 0.5) is 13.2 Å². The average Bonchev–Trinajstić information content (AvgIpc) is 2.99. The zero-order valence-electron chi connectivity index (χ0n) is 16.3. The number of halogens is 3. The lowest BCUT2D eigenvalue weighted by molar-refractivity contribution is -0.131. The molecule has 156 valence electrons. The maximum absolute atomic E-state index is 13.4. The molecule has 0 spiro atoms. The molecule has 1 amide bonds. The van der Waals surface area contributed by atoms with E-state index in [1.165, 1.54) is 23.1 Å². The van der Waals surface area contributed by atoms with Crippen molar-refractivity contribution in [3.63, 3.8) is 0 Å². The first-order valence-corrected chi connectivity index (χ1v) is 9.54. The summed E-state index contributed by atoms with van der Waals surface area (Å²) in [6.45, 7) is 0. The number of aromatic nitrogens is 1. The van der Waals surface area contributed by atoms with E-state index >= 15 is 0 Å². The van der Waals surface area contributed by atoms with Crippen molar-refractivity contribution in [1.82, 2.24) is 15.2 Å². The summed E-state index contributed by atoms with van der Waals surface area (Å²) in [6, 6.07) is 9.97. The number of nitrogens with zero attached hydrogens (tertiary/aromatic N) is 2. The smallest absolute Gasteiger partial charge is 0.265 e. The Morgan fingerprint density at radius 2 is 2.03 bits per heavy atom. The number of hydrogen-bond acceptors (Lipinski definition) is 4. The summed E-state index contributed by atoms with van der Waals surface area (Å²) in [7, 11) is 1.57. The summed E-state index contributed by atoms with van der Waals surface area (Å²) in [5, 5.41) is 3.10. The van der Waals surface area contributed by atoms with Crippen molar-refractivity contribution in [2.24, 2.45) is 5.73 Å². The molecule has 1 aromatic heterocycles. The number of pyridine rings is 1. The lowest BCUT2D eigenvalue weighted by atomic mass is 9.83. The highest BCUT2D eigenvalue weighted by atomic mass is 19.3. The van der Waals surface area contributed by atoms with Gasteiger partial charge < -0.3 is 4.90 Å². The Morgan fingerprint density at radius 3 is 2.60 bits per heavy atom. The van der Waals surface area contributed by atoms with E-state index in [1.54, 1.807) is 25.3 Å². The second-order valence-electron chi connectivity index (χ2n) is 7.42. The largest absolute Gasteiger partial charge is 0.315 e. The molecule has 0 bridgehead atoms. The Bertz CT molecular complexity index is 1030. The first kappa shape index (κ1) is 20.3. The predicted octanol–water partition coefficient (Wildman–Crippen LogP) is 3.60. The number of allylic oxidation sites excluding steroid dienone is 4. The summed E-state index contributed by atoms with van der Waals surface area (Å²) in [6.07, 6.45) is 1.67. The Balaban J connectivity index is 1.84. The number of hydrogen-bond donors (Lipinski definition) is 2. The van der Waals surface area contributed by atoms with Gasteiger partial charge in [-0.2, -0.15) is 0 Å². The molecule has 30 heavy (non-hydrogen) atoms. The molecule has 2 heterocycles. The highest BCUT2D eigenvalue weighted by Crippen LogP contribution is 2.37. The van der Waals surface area contributed by atoms with Gasteiger partial charge in [0.1, 0.15) is 12.1 Å². The van der Waals surface area contributed by atoms with E-state index in [2.05, 4.69) is 10.3 Å². The highest BCUT2D eigenvalue weighted by Gasteiger charge is 2.52. The lowest BCUT2D eigenvalue weighted by Gasteiger charge is -2.28. The number of likely N-dealkylation sites (N-methyl/N-ethyl adjacent to an activating group) is 1. The summed E-state index contributed by atoms with van der Waals surface area (Å²) in [5.41, 5.74) is 7.08. The summed E-state index contributed by atoms with van der Waals surface area (Å²) in [5.74, 6) is -0.511. The van der Waals surface area contributed by atoms with Crippen LogP contribution < -0.4 is 11.1 Å². The van der Waals surface area contributed by atoms with E-state index < -0.39 is 18.3 Å². The predicted molar refractivity (Wildman–Crippen MR) is 107 cm³/mol. The quantitative estimate of drug-likeness (QED) is 0.802. The van der Waals surface area contributed by atoms with Gasteiger partial charge in [-0.15, -0.1) is 0 Å². The van der Waals surface area contributed by atoms with Gasteiger partial charge in [0.05, 0.1) is 5.69 Å². The van der Waals surface area contributed by atoms with Gasteiger partial charge in [-0.25, -0.2) is 13.2 Å². The summed E-state index contributed by atoms with van der Waals surface area (Å²) < 4.78 is 39.4. The molecular weight excluding hydrogens is 393 g/mol. The zero-order chi connectivity index (χ0) is 21.5. The molecule has 0 saturated carbocycles. The van der Waals surface area contributed by atoms with Crippen molar-refractivity contribution in [2.75, 3.05) is 7.05 Å². The van der Waals surface area contributed by atoms with Crippen LogP contribution in [0.2, 0.25) is 0 Å². The van der Waals surface area contributed by atoms with Crippen molar-refractivity contribution in [3.8, 4) is 0 Å². The lowest BCUT2D eigenvalue weighted by Crippen LogP contribution is -2.48. The fraction of sp³-hybridized carbons (Fsp3) is 0.273. The molecule has 0 radical (unpaired) electrons. The number of amides is 1. The van der Waals surface area contributed by atoms with E-state index in [-0.39, 0.29) is 23.0 Å². The second-order valence-corrected chi connectivity index (χ2v) is 7.42. The Labute approximate surface area is 172 Å². The number of benzene rings is 1. The molecule has 2 aromatic rings. The topological polar surface area (TPSA) is 71.2 Å². The normalized spacial score (nSPS) is 24.3. The molecule has 1 saturated heterocycles. The van der Waals surface area contributed by atoms with E-state index in [9.17, 15) is 18.0 Å². The van der Waals surface area contributed by atoms with Crippen molar-refractivity contribution in [3.05, 3.63) is 83.0 Å². The Hall–Kier alpha value is -2.97. The van der Waals surface area contributed by atoms with E-state index in [1.807, 2.05) is 12.1 Å². The van der Waals surface area contributed by atoms with Gasteiger partial charge in [0.15, 0.2) is 5.54 Å². The van der Waals surface area contributed by atoms with Crippen LogP contribution in [0.25, 0.3) is 5.57 Å². The van der Waals surface area contributed by atoms with Gasteiger partial charge in [-0.3, -0.25) is 20.8 Å². The standard InChI is InChI=1S/C22H21F3N4O/c1-29-20(30)22(28-21(29)26,18-10-7-15(12-27-18)19(24)25)16-4-2-3-14(11-16)13-5-8-17(23)9-6-13/h2-5,7-8,10-12,19,21,28H,6,9,26H2,1H3. The number of nitrogens with one attached hydrogen (secondary N) is 1. The third-order valence-corrected chi connectivity index (χ3v) is 5.61. The van der Waals surface area contributed by atoms with Crippen LogP contribution in [0.5, 0.6) is 0 Å². The highest BCUT2D eigenvalue weighted by molar-refractivity contribution is 5.93. The second kappa shape index (κ2) is 7.70. The van der Waals surface area contributed by atoms with E-state index in [0.717, 1.165) is 17.3 Å². The first-order valence-electron chi connectivity index (χ1n) is 9.54. The van der Waals surface area contributed by atoms with Gasteiger partial charge in [-0.1, -0.05) is 24.3 Å². The van der Waals surface area contributed by atoms with Crippen LogP contribution in [0.1, 0.15) is 41.7 Å². The Kier molecular flexibility index (Phi) is 5.21. The third-order valence-electron chi connectivity index (χ3n) is 5.61. The Morgan fingerprint density at radius 1 is 1.23 bits per heavy atom. The van der Waals surface area contributed by atoms with Crippen molar-refractivity contribution < 1.29 is 18.0 Å². The molecule has 8 heteroatoms. The van der Waals surface area contributed by atoms with Gasteiger partial charge >= 0.3 is 0 Å². The molecule has 5 nitrogen and oxygen atoms in total. The number of carbonyl (C=O) groups is 1. The molecule has 1 fully saturated rings. The number of nitrogens with two attached hydrogens (primary N) is 1. The van der Waals surface area contributed by atoms with Gasteiger partial charge in [-0.05, 0) is 47.4 Å². The van der Waals surface area contributed by atoms with Crippen LogP contribution >= 0.6 is 0 Å². The van der Waals surface area contributed by atoms with Crippen LogP contribution in [-0.2, 0) is 10.3 Å². The van der Waals surface area contributed by atoms with Crippen LogP contribution in [0, 0.1) is 0 Å². The monoisotopic (exact) mass is 414 g/mol. The molecule has 1 aromatic carbocycles. The average molecular weight is 414 g/mol. The fourth-order valence-corrected chi connectivity index (χ4v) is 3.87. The summed E-state index contributed by atoms with van der Waals surface area (Å²) in [4.78, 5) is 18.8. The van der Waals surface area contributed by atoms with Gasteiger partial charge in [0.25, 0.3) is 12.3 Å². The van der Waals surface area contributed by atoms with E-state index in [4.69, 9.17) is 5.73 Å². The minimum atomic E-state index is -2.66.